The number of primary amides is 1. The average molecular weight is 736 g/mol. The van der Waals surface area contributed by atoms with Crippen LogP contribution in [0.25, 0.3) is 16.5 Å². The average Bonchev–Trinajstić information content (AvgIpc) is 3.59. The quantitative estimate of drug-likeness (QED) is 0.135. The minimum atomic E-state index is -1.17. The molecule has 3 aromatic carbocycles. The first-order valence-corrected chi connectivity index (χ1v) is 18.1. The van der Waals surface area contributed by atoms with E-state index in [4.69, 9.17) is 5.73 Å². The van der Waals surface area contributed by atoms with Crippen LogP contribution in [0.2, 0.25) is 0 Å². The van der Waals surface area contributed by atoms with Gasteiger partial charge in [-0.3, -0.25) is 34.2 Å². The second-order valence-corrected chi connectivity index (χ2v) is 14.5. The number of H-pyrrole nitrogens is 1. The molecule has 13 nitrogen and oxygen atoms in total. The molecule has 0 spiro atoms. The Morgan fingerprint density at radius 1 is 0.981 bits per heavy atom. The molecule has 3 aliphatic rings. The first-order valence-electron chi connectivity index (χ1n) is 18.1. The van der Waals surface area contributed by atoms with Gasteiger partial charge in [0.05, 0.1) is 16.8 Å². The maximum absolute atomic E-state index is 14.3. The van der Waals surface area contributed by atoms with Gasteiger partial charge in [0.1, 0.15) is 17.9 Å². The summed E-state index contributed by atoms with van der Waals surface area (Å²) >= 11 is 0. The molecule has 1 saturated heterocycles. The Morgan fingerprint density at radius 2 is 1.69 bits per heavy atom. The number of halogens is 1. The number of piperidine rings is 1. The molecule has 5 atom stereocenters. The zero-order chi connectivity index (χ0) is 38.1. The number of nitrogens with one attached hydrogen (secondary N) is 3. The summed E-state index contributed by atoms with van der Waals surface area (Å²) in [4.78, 5) is 72.4. The summed E-state index contributed by atoms with van der Waals surface area (Å²) in [5, 5.41) is 18.3. The number of benzene rings is 3. The van der Waals surface area contributed by atoms with E-state index in [9.17, 15) is 33.7 Å². The fourth-order valence-electron chi connectivity index (χ4n) is 8.05. The second kappa shape index (κ2) is 15.2. The first-order chi connectivity index (χ1) is 25.9. The minimum absolute atomic E-state index is 0.0196. The molecule has 0 radical (unpaired) electrons. The van der Waals surface area contributed by atoms with Crippen LogP contribution in [-0.2, 0) is 38.4 Å². The van der Waals surface area contributed by atoms with Gasteiger partial charge >= 0.3 is 0 Å². The van der Waals surface area contributed by atoms with E-state index in [0.29, 0.717) is 37.1 Å². The highest BCUT2D eigenvalue weighted by Crippen LogP contribution is 2.40. The number of likely N-dealkylation sites (tertiary alicyclic amines) is 1. The number of carbonyl (C=O) groups is 4. The lowest BCUT2D eigenvalue weighted by Gasteiger charge is -2.39. The summed E-state index contributed by atoms with van der Waals surface area (Å²) in [5.74, 6) is -3.56. The molecule has 1 unspecified atom stereocenters. The van der Waals surface area contributed by atoms with Crippen LogP contribution in [0.3, 0.4) is 0 Å². The smallest absolute Gasteiger partial charge is 0.269 e. The molecule has 0 saturated carbocycles. The second-order valence-electron chi connectivity index (χ2n) is 14.5. The molecule has 1 aromatic heterocycles. The molecule has 3 heterocycles. The largest absolute Gasteiger partial charge is 0.369 e. The van der Waals surface area contributed by atoms with Crippen molar-refractivity contribution >= 4 is 45.8 Å². The monoisotopic (exact) mass is 735 g/mol. The highest BCUT2D eigenvalue weighted by molar-refractivity contribution is 6.00. The molecule has 4 amide bonds. The van der Waals surface area contributed by atoms with E-state index in [1.807, 2.05) is 31.5 Å². The summed E-state index contributed by atoms with van der Waals surface area (Å²) in [6, 6.07) is 15.2. The number of hydrogen-bond donors (Lipinski definition) is 4. The topological polar surface area (TPSA) is 184 Å². The van der Waals surface area contributed by atoms with Crippen LogP contribution in [0, 0.1) is 27.8 Å². The van der Waals surface area contributed by atoms with Crippen LogP contribution in [0.1, 0.15) is 35.1 Å². The molecule has 54 heavy (non-hydrogen) atoms. The Balaban J connectivity index is 1.17. The van der Waals surface area contributed by atoms with Crippen LogP contribution in [0.5, 0.6) is 0 Å². The molecule has 280 valence electrons. The number of nitrogens with zero attached hydrogens (tertiary/aromatic N) is 3. The number of nitro benzene ring substituents is 1. The fraction of sp³-hybridized carbons (Fsp3) is 0.350. The van der Waals surface area contributed by atoms with Crippen molar-refractivity contribution in [1.82, 2.24) is 25.4 Å². The van der Waals surface area contributed by atoms with Gasteiger partial charge in [0.2, 0.25) is 23.6 Å². The number of aromatic amines is 1. The Hall–Kier alpha value is -5.89. The van der Waals surface area contributed by atoms with E-state index in [0.717, 1.165) is 28.5 Å². The van der Waals surface area contributed by atoms with Crippen LogP contribution in [0.4, 0.5) is 10.1 Å². The molecule has 5 N–H and O–H groups in total. The fourth-order valence-corrected chi connectivity index (χ4v) is 8.05. The normalized spacial score (nSPS) is 20.7. The van der Waals surface area contributed by atoms with Gasteiger partial charge in [0.15, 0.2) is 0 Å². The third-order valence-electron chi connectivity index (χ3n) is 10.9. The van der Waals surface area contributed by atoms with Crippen LogP contribution < -0.4 is 16.4 Å². The lowest BCUT2D eigenvalue weighted by atomic mass is 9.79. The molecular weight excluding hydrogens is 693 g/mol. The number of nitro groups is 1. The highest BCUT2D eigenvalue weighted by atomic mass is 19.1. The van der Waals surface area contributed by atoms with Gasteiger partial charge in [0, 0.05) is 67.8 Å². The number of amides is 4. The maximum Gasteiger partial charge on any atom is 0.269 e. The van der Waals surface area contributed by atoms with Gasteiger partial charge in [-0.05, 0) is 72.3 Å². The van der Waals surface area contributed by atoms with Crippen molar-refractivity contribution in [2.24, 2.45) is 17.6 Å². The lowest BCUT2D eigenvalue weighted by molar-refractivity contribution is -0.384. The van der Waals surface area contributed by atoms with Gasteiger partial charge < -0.3 is 26.3 Å². The SMILES string of the molecule is CN1C[C@H](C(=O)N[C@@H](Cc2ccc([N+](=O)[O-])cc2)C(=O)N[C@@H](Cc2ccc(F)cc2)C(=O)N2CCCC(C(N)=O)C2)C=C2c3cccc4[nH]cc(c34)C[C@H]21. The van der Waals surface area contributed by atoms with E-state index in [2.05, 4.69) is 26.6 Å². The Labute approximate surface area is 310 Å². The van der Waals surface area contributed by atoms with E-state index in [1.54, 1.807) is 0 Å². The van der Waals surface area contributed by atoms with Crippen molar-refractivity contribution in [3.05, 3.63) is 117 Å². The van der Waals surface area contributed by atoms with E-state index < -0.39 is 52.4 Å². The van der Waals surface area contributed by atoms with Crippen molar-refractivity contribution in [3.63, 3.8) is 0 Å². The summed E-state index contributed by atoms with van der Waals surface area (Å²) in [7, 11) is 1.98. The number of fused-ring (bicyclic) bond motifs is 2. The molecule has 14 heteroatoms. The predicted molar refractivity (Wildman–Crippen MR) is 199 cm³/mol. The lowest BCUT2D eigenvalue weighted by Crippen LogP contribution is -2.58. The van der Waals surface area contributed by atoms with Crippen molar-refractivity contribution in [2.75, 3.05) is 26.7 Å². The summed E-state index contributed by atoms with van der Waals surface area (Å²) < 4.78 is 13.8. The number of non-ortho nitro benzene ring substituents is 1. The minimum Gasteiger partial charge on any atom is -0.369 e. The predicted octanol–water partition coefficient (Wildman–Crippen LogP) is 3.26. The molecule has 0 bridgehead atoms. The highest BCUT2D eigenvalue weighted by Gasteiger charge is 2.38. The van der Waals surface area contributed by atoms with E-state index in [1.165, 1.54) is 59.0 Å². The standard InChI is InChI=1S/C40H42FN7O6/c1-46-21-27(18-31-30-5-2-6-32-36(30)26(20-43-32)19-35(31)46)38(50)44-33(16-24-9-13-29(14-10-24)48(53)54)39(51)45-34(17-23-7-11-28(41)12-8-23)40(52)47-15-3-4-25(22-47)37(42)49/h2,5-14,18,20,25,27,33-35,43H,3-4,15-17,19,21-22H2,1H3,(H2,42,49)(H,44,50)(H,45,51)/t25?,27-,33+,34+,35-/m1/s1. The number of likely N-dealkylation sites (N-methyl/N-ethyl adjacent to an activating group) is 1. The van der Waals surface area contributed by atoms with Crippen molar-refractivity contribution in [1.29, 1.82) is 0 Å². The first kappa shape index (κ1) is 36.5. The molecule has 4 aromatic rings. The summed E-state index contributed by atoms with van der Waals surface area (Å²) in [6.07, 6.45) is 5.92. The Bertz CT molecular complexity index is 2130. The molecule has 1 fully saturated rings. The summed E-state index contributed by atoms with van der Waals surface area (Å²) in [5.41, 5.74) is 11.0. The number of rotatable bonds is 11. The Morgan fingerprint density at radius 3 is 2.39 bits per heavy atom. The number of carbonyl (C=O) groups excluding carboxylic acids is 4. The van der Waals surface area contributed by atoms with Gasteiger partial charge in [0.25, 0.3) is 5.69 Å². The van der Waals surface area contributed by atoms with Crippen molar-refractivity contribution in [2.45, 2.75) is 50.2 Å². The third kappa shape index (κ3) is 7.60. The van der Waals surface area contributed by atoms with Crippen molar-refractivity contribution in [3.8, 4) is 0 Å². The number of hydrogen-bond acceptors (Lipinski definition) is 7. The van der Waals surface area contributed by atoms with Crippen LogP contribution >= 0.6 is 0 Å². The Kier molecular flexibility index (Phi) is 10.3. The summed E-state index contributed by atoms with van der Waals surface area (Å²) in [6.45, 7) is 0.878. The van der Waals surface area contributed by atoms with Gasteiger partial charge in [-0.2, -0.15) is 0 Å². The zero-order valence-corrected chi connectivity index (χ0v) is 29.8. The molecule has 2 aliphatic heterocycles. The van der Waals surface area contributed by atoms with Crippen LogP contribution in [-0.4, -0.2) is 88.1 Å². The van der Waals surface area contributed by atoms with Crippen molar-refractivity contribution < 1.29 is 28.5 Å². The van der Waals surface area contributed by atoms with Gasteiger partial charge in [-0.25, -0.2) is 4.39 Å². The van der Waals surface area contributed by atoms with Crippen LogP contribution in [0.15, 0.2) is 79.0 Å². The van der Waals surface area contributed by atoms with Gasteiger partial charge in [-0.1, -0.05) is 42.5 Å². The molecule has 1 aliphatic carbocycles. The van der Waals surface area contributed by atoms with E-state index in [-0.39, 0.29) is 37.0 Å². The zero-order valence-electron chi connectivity index (χ0n) is 29.8. The number of nitrogens with two attached hydrogens (primary N) is 1. The third-order valence-corrected chi connectivity index (χ3v) is 10.9. The molecule has 7 rings (SSSR count). The van der Waals surface area contributed by atoms with E-state index >= 15 is 0 Å². The maximum atomic E-state index is 14.3. The molecular formula is C40H42FN7O6. The van der Waals surface area contributed by atoms with Gasteiger partial charge in [-0.15, -0.1) is 0 Å². The number of aromatic nitrogens is 1.